The summed E-state index contributed by atoms with van der Waals surface area (Å²) in [5.74, 6) is 0.451. The van der Waals surface area contributed by atoms with Gasteiger partial charge in [0.2, 0.25) is 0 Å². The average Bonchev–Trinajstić information content (AvgIpc) is 2.64. The van der Waals surface area contributed by atoms with Crippen LogP contribution in [0.5, 0.6) is 11.5 Å². The van der Waals surface area contributed by atoms with E-state index < -0.39 is 0 Å². The van der Waals surface area contributed by atoms with Gasteiger partial charge in [0.25, 0.3) is 11.8 Å². The lowest BCUT2D eigenvalue weighted by Gasteiger charge is -2.16. The van der Waals surface area contributed by atoms with Crippen LogP contribution in [0.1, 0.15) is 5.56 Å². The van der Waals surface area contributed by atoms with Gasteiger partial charge in [-0.05, 0) is 36.8 Å². The van der Waals surface area contributed by atoms with Crippen molar-refractivity contribution >= 4 is 46.4 Å². The Balaban J connectivity index is 1.94. The Hall–Kier alpha value is -2.48. The van der Waals surface area contributed by atoms with Gasteiger partial charge in [-0.15, -0.1) is 0 Å². The first-order chi connectivity index (χ1) is 13.7. The number of benzene rings is 2. The summed E-state index contributed by atoms with van der Waals surface area (Å²) < 4.78 is 10.5. The maximum atomic E-state index is 12.4. The van der Waals surface area contributed by atoms with Crippen LogP contribution < -0.4 is 25.0 Å². The van der Waals surface area contributed by atoms with E-state index in [4.69, 9.17) is 32.7 Å². The van der Waals surface area contributed by atoms with E-state index in [2.05, 4.69) is 10.6 Å². The molecule has 0 radical (unpaired) electrons. The van der Waals surface area contributed by atoms with Gasteiger partial charge in [0.1, 0.15) is 11.5 Å². The normalized spacial score (nSPS) is 11.5. The van der Waals surface area contributed by atoms with Gasteiger partial charge < -0.3 is 25.0 Å². The zero-order valence-electron chi connectivity index (χ0n) is 16.7. The summed E-state index contributed by atoms with van der Waals surface area (Å²) in [7, 11) is 4.76. The number of ether oxygens (including phenoxy) is 2. The molecule has 0 fully saturated rings. The van der Waals surface area contributed by atoms with Crippen molar-refractivity contribution in [2.45, 2.75) is 6.92 Å². The van der Waals surface area contributed by atoms with Crippen LogP contribution in [-0.4, -0.2) is 46.2 Å². The van der Waals surface area contributed by atoms with Crippen molar-refractivity contribution in [2.24, 2.45) is 0 Å². The van der Waals surface area contributed by atoms with Crippen LogP contribution in [0.15, 0.2) is 30.3 Å². The minimum Gasteiger partial charge on any atom is -0.495 e. The third kappa shape index (κ3) is 6.52. The first-order valence-electron chi connectivity index (χ1n) is 8.82. The summed E-state index contributed by atoms with van der Waals surface area (Å²) >= 11 is 12.1. The van der Waals surface area contributed by atoms with Gasteiger partial charge in [0.05, 0.1) is 32.6 Å². The van der Waals surface area contributed by atoms with Crippen molar-refractivity contribution in [3.63, 3.8) is 0 Å². The molecular formula is C20H24Cl2N3O4+. The average molecular weight is 441 g/mol. The second-order valence-electron chi connectivity index (χ2n) is 6.55. The number of amides is 2. The number of carbonyl (C=O) groups excluding carboxylic acids is 2. The third-order valence-electron chi connectivity index (χ3n) is 4.12. The van der Waals surface area contributed by atoms with E-state index in [1.807, 2.05) is 6.92 Å². The number of likely N-dealkylation sites (N-methyl/N-ethyl adjacent to an activating group) is 1. The van der Waals surface area contributed by atoms with E-state index in [1.54, 1.807) is 37.4 Å². The molecule has 7 nitrogen and oxygen atoms in total. The Morgan fingerprint density at radius 1 is 0.931 bits per heavy atom. The van der Waals surface area contributed by atoms with Crippen molar-refractivity contribution in [3.8, 4) is 11.5 Å². The number of nitrogens with one attached hydrogen (secondary N) is 3. The second-order valence-corrected chi connectivity index (χ2v) is 7.40. The minimum absolute atomic E-state index is 0.0832. The number of anilines is 2. The molecule has 0 aliphatic heterocycles. The first kappa shape index (κ1) is 22.8. The van der Waals surface area contributed by atoms with E-state index in [1.165, 1.54) is 14.2 Å². The van der Waals surface area contributed by atoms with Crippen LogP contribution in [0.25, 0.3) is 0 Å². The maximum Gasteiger partial charge on any atom is 0.279 e. The molecule has 3 N–H and O–H groups in total. The molecule has 0 aromatic heterocycles. The van der Waals surface area contributed by atoms with Gasteiger partial charge in [-0.1, -0.05) is 23.2 Å². The van der Waals surface area contributed by atoms with Crippen molar-refractivity contribution < 1.29 is 24.0 Å². The van der Waals surface area contributed by atoms with Gasteiger partial charge in [0, 0.05) is 16.1 Å². The molecule has 2 aromatic carbocycles. The molecule has 2 aromatic rings. The number of hydrogen-bond acceptors (Lipinski definition) is 4. The highest BCUT2D eigenvalue weighted by Crippen LogP contribution is 2.31. The SMILES string of the molecule is COc1ccc(Cl)cc1NC(=O)C[NH+](C)CC(=O)Nc1cc(C)c(Cl)cc1OC. The van der Waals surface area contributed by atoms with Gasteiger partial charge in [-0.3, -0.25) is 9.59 Å². The zero-order chi connectivity index (χ0) is 21.6. The molecule has 2 amide bonds. The molecule has 1 unspecified atom stereocenters. The van der Waals surface area contributed by atoms with E-state index in [-0.39, 0.29) is 24.9 Å². The van der Waals surface area contributed by atoms with Gasteiger partial charge in [-0.2, -0.15) is 0 Å². The number of carbonyl (C=O) groups is 2. The summed E-state index contributed by atoms with van der Waals surface area (Å²) in [4.78, 5) is 25.4. The number of quaternary nitrogens is 1. The van der Waals surface area contributed by atoms with Crippen molar-refractivity contribution in [1.29, 1.82) is 0 Å². The molecule has 0 aliphatic rings. The standard InChI is InChI=1S/C20H23Cl2N3O4/c1-12-7-15(18(29-4)9-14(12)22)23-19(26)10-25(2)11-20(27)24-16-8-13(21)5-6-17(16)28-3/h5-9H,10-11H2,1-4H3,(H,23,26)(H,24,27)/p+1. The molecule has 9 heteroatoms. The molecule has 1 atom stereocenters. The first-order valence-corrected chi connectivity index (χ1v) is 9.57. The number of hydrogen-bond donors (Lipinski definition) is 3. The van der Waals surface area contributed by atoms with Crippen LogP contribution in [0.3, 0.4) is 0 Å². The fourth-order valence-electron chi connectivity index (χ4n) is 2.71. The Kier molecular flexibility index (Phi) is 8.13. The van der Waals surface area contributed by atoms with Crippen LogP contribution in [0.2, 0.25) is 10.0 Å². The van der Waals surface area contributed by atoms with Crippen LogP contribution >= 0.6 is 23.2 Å². The molecular weight excluding hydrogens is 417 g/mol. The molecule has 0 heterocycles. The third-order valence-corrected chi connectivity index (χ3v) is 4.76. The number of halogens is 2. The lowest BCUT2D eigenvalue weighted by molar-refractivity contribution is -0.862. The van der Waals surface area contributed by atoms with E-state index >= 15 is 0 Å². The highest BCUT2D eigenvalue weighted by molar-refractivity contribution is 6.31. The smallest absolute Gasteiger partial charge is 0.279 e. The monoisotopic (exact) mass is 440 g/mol. The molecule has 29 heavy (non-hydrogen) atoms. The van der Waals surface area contributed by atoms with Crippen molar-refractivity contribution in [1.82, 2.24) is 0 Å². The number of aryl methyl sites for hydroxylation is 1. The van der Waals surface area contributed by atoms with Gasteiger partial charge in [0.15, 0.2) is 13.1 Å². The molecule has 0 saturated carbocycles. The molecule has 0 spiro atoms. The molecule has 0 saturated heterocycles. The lowest BCUT2D eigenvalue weighted by Crippen LogP contribution is -3.11. The molecule has 156 valence electrons. The summed E-state index contributed by atoms with van der Waals surface area (Å²) in [5, 5.41) is 6.58. The van der Waals surface area contributed by atoms with Crippen molar-refractivity contribution in [3.05, 3.63) is 45.9 Å². The number of rotatable bonds is 8. The Bertz CT molecular complexity index is 906. The Morgan fingerprint density at radius 3 is 2.03 bits per heavy atom. The molecule has 2 rings (SSSR count). The van der Waals surface area contributed by atoms with Crippen molar-refractivity contribution in [2.75, 3.05) is 45.0 Å². The lowest BCUT2D eigenvalue weighted by atomic mass is 10.2. The minimum atomic E-state index is -0.268. The molecule has 0 bridgehead atoms. The predicted octanol–water partition coefficient (Wildman–Crippen LogP) is 2.41. The fraction of sp³-hybridized carbons (Fsp3) is 0.300. The van der Waals surface area contributed by atoms with E-state index in [0.29, 0.717) is 37.8 Å². The zero-order valence-corrected chi connectivity index (χ0v) is 18.2. The van der Waals surface area contributed by atoms with Crippen LogP contribution in [0, 0.1) is 6.92 Å². The summed E-state index contributed by atoms with van der Waals surface area (Å²) in [5.41, 5.74) is 1.82. The van der Waals surface area contributed by atoms with Gasteiger partial charge in [-0.25, -0.2) is 0 Å². The highest BCUT2D eigenvalue weighted by Gasteiger charge is 2.17. The summed E-state index contributed by atoms with van der Waals surface area (Å²) in [6.07, 6.45) is 0. The Labute approximate surface area is 179 Å². The summed E-state index contributed by atoms with van der Waals surface area (Å²) in [6.45, 7) is 2.01. The van der Waals surface area contributed by atoms with E-state index in [0.717, 1.165) is 5.56 Å². The van der Waals surface area contributed by atoms with Crippen LogP contribution in [-0.2, 0) is 9.59 Å². The van der Waals surface area contributed by atoms with E-state index in [9.17, 15) is 9.59 Å². The quantitative estimate of drug-likeness (QED) is 0.588. The summed E-state index contributed by atoms with van der Waals surface area (Å²) in [6, 6.07) is 8.34. The maximum absolute atomic E-state index is 12.4. The topological polar surface area (TPSA) is 81.1 Å². The highest BCUT2D eigenvalue weighted by atomic mass is 35.5. The predicted molar refractivity (Wildman–Crippen MR) is 115 cm³/mol. The fourth-order valence-corrected chi connectivity index (χ4v) is 3.03. The number of methoxy groups -OCH3 is 2. The van der Waals surface area contributed by atoms with Crippen LogP contribution in [0.4, 0.5) is 11.4 Å². The second kappa shape index (κ2) is 10.3. The van der Waals surface area contributed by atoms with Gasteiger partial charge >= 0.3 is 0 Å². The molecule has 0 aliphatic carbocycles. The largest absolute Gasteiger partial charge is 0.495 e. The Morgan fingerprint density at radius 2 is 1.48 bits per heavy atom.